The van der Waals surface area contributed by atoms with Gasteiger partial charge in [0, 0.05) is 6.42 Å². The van der Waals surface area contributed by atoms with Crippen molar-refractivity contribution in [3.05, 3.63) is 0 Å². The van der Waals surface area contributed by atoms with Gasteiger partial charge in [-0.05, 0) is 32.6 Å². The first-order chi connectivity index (χ1) is 11.9. The maximum Gasteiger partial charge on any atom is 0.312 e. The molecule has 0 bridgehead atoms. The standard InChI is InChI=1S/C17H28N2O6/c1-3-24-14(21)10-12(17(23)25-4-2)15(16(18)22)19-13(20)9-11-7-5-6-8-11/h11-12,15H,3-10H2,1-2H3,(H2,18,22)(H,19,20)/t12-,15-/m1/s1. The second kappa shape index (κ2) is 10.7. The van der Waals surface area contributed by atoms with Gasteiger partial charge in [-0.2, -0.15) is 0 Å². The number of ether oxygens (including phenoxy) is 2. The lowest BCUT2D eigenvalue weighted by Gasteiger charge is -2.24. The molecule has 2 atom stereocenters. The van der Waals surface area contributed by atoms with Gasteiger partial charge in [-0.15, -0.1) is 0 Å². The van der Waals surface area contributed by atoms with Gasteiger partial charge < -0.3 is 20.5 Å². The molecule has 8 heteroatoms. The Balaban J connectivity index is 2.81. The smallest absolute Gasteiger partial charge is 0.312 e. The molecule has 2 amide bonds. The Kier molecular flexibility index (Phi) is 8.94. The zero-order chi connectivity index (χ0) is 18.8. The van der Waals surface area contributed by atoms with Crippen LogP contribution in [-0.2, 0) is 28.7 Å². The predicted molar refractivity (Wildman–Crippen MR) is 89.1 cm³/mol. The first kappa shape index (κ1) is 20.9. The molecule has 1 saturated carbocycles. The molecule has 1 fully saturated rings. The van der Waals surface area contributed by atoms with Crippen LogP contribution in [0, 0.1) is 11.8 Å². The molecule has 1 aliphatic carbocycles. The van der Waals surface area contributed by atoms with Gasteiger partial charge in [-0.3, -0.25) is 19.2 Å². The van der Waals surface area contributed by atoms with Crippen LogP contribution >= 0.6 is 0 Å². The van der Waals surface area contributed by atoms with E-state index in [4.69, 9.17) is 15.2 Å². The topological polar surface area (TPSA) is 125 Å². The molecule has 25 heavy (non-hydrogen) atoms. The van der Waals surface area contributed by atoms with Crippen molar-refractivity contribution in [2.24, 2.45) is 17.6 Å². The maximum absolute atomic E-state index is 12.2. The minimum absolute atomic E-state index is 0.0830. The van der Waals surface area contributed by atoms with Gasteiger partial charge in [0.15, 0.2) is 0 Å². The summed E-state index contributed by atoms with van der Waals surface area (Å²) in [6.07, 6.45) is 4.01. The van der Waals surface area contributed by atoms with E-state index < -0.39 is 29.8 Å². The van der Waals surface area contributed by atoms with Crippen molar-refractivity contribution < 1.29 is 28.7 Å². The summed E-state index contributed by atoms with van der Waals surface area (Å²) in [6, 6.07) is -1.31. The van der Waals surface area contributed by atoms with Crippen LogP contribution in [0.5, 0.6) is 0 Å². The summed E-state index contributed by atoms with van der Waals surface area (Å²) in [4.78, 5) is 48.0. The largest absolute Gasteiger partial charge is 0.466 e. The number of nitrogens with one attached hydrogen (secondary N) is 1. The lowest BCUT2D eigenvalue weighted by molar-refractivity contribution is -0.157. The molecule has 3 N–H and O–H groups in total. The van der Waals surface area contributed by atoms with Crippen LogP contribution < -0.4 is 11.1 Å². The van der Waals surface area contributed by atoms with Gasteiger partial charge in [0.1, 0.15) is 6.04 Å². The quantitative estimate of drug-likeness (QED) is 0.554. The fraction of sp³-hybridized carbons (Fsp3) is 0.765. The minimum Gasteiger partial charge on any atom is -0.466 e. The van der Waals surface area contributed by atoms with E-state index in [1.807, 2.05) is 0 Å². The Morgan fingerprint density at radius 3 is 2.20 bits per heavy atom. The molecule has 0 aromatic rings. The number of hydrogen-bond acceptors (Lipinski definition) is 6. The number of nitrogens with two attached hydrogens (primary N) is 1. The third kappa shape index (κ3) is 7.11. The minimum atomic E-state index is -1.31. The number of carbonyl (C=O) groups excluding carboxylic acids is 4. The lowest BCUT2D eigenvalue weighted by Crippen LogP contribution is -2.52. The summed E-state index contributed by atoms with van der Waals surface area (Å²) in [5.74, 6) is -3.59. The van der Waals surface area contributed by atoms with Crippen molar-refractivity contribution in [2.45, 2.75) is 58.4 Å². The Hall–Kier alpha value is -2.12. The van der Waals surface area contributed by atoms with Gasteiger partial charge >= 0.3 is 11.9 Å². The Morgan fingerprint density at radius 1 is 1.08 bits per heavy atom. The van der Waals surface area contributed by atoms with Gasteiger partial charge in [0.2, 0.25) is 11.8 Å². The highest BCUT2D eigenvalue weighted by Crippen LogP contribution is 2.27. The van der Waals surface area contributed by atoms with Gasteiger partial charge in [0.05, 0.1) is 25.6 Å². The number of rotatable bonds is 10. The van der Waals surface area contributed by atoms with E-state index in [0.29, 0.717) is 0 Å². The maximum atomic E-state index is 12.2. The number of amides is 2. The first-order valence-corrected chi connectivity index (χ1v) is 8.79. The van der Waals surface area contributed by atoms with Crippen molar-refractivity contribution >= 4 is 23.8 Å². The molecule has 0 spiro atoms. The summed E-state index contributed by atoms with van der Waals surface area (Å²) in [5, 5.41) is 2.51. The molecule has 0 unspecified atom stereocenters. The molecule has 0 aromatic carbocycles. The third-order valence-corrected chi connectivity index (χ3v) is 4.26. The van der Waals surface area contributed by atoms with Gasteiger partial charge in [-0.1, -0.05) is 12.8 Å². The molecule has 142 valence electrons. The lowest BCUT2D eigenvalue weighted by atomic mass is 9.94. The summed E-state index contributed by atoms with van der Waals surface area (Å²) < 4.78 is 9.76. The summed E-state index contributed by atoms with van der Waals surface area (Å²) in [5.41, 5.74) is 5.36. The highest BCUT2D eigenvalue weighted by molar-refractivity contribution is 5.93. The van der Waals surface area contributed by atoms with E-state index in [0.717, 1.165) is 25.7 Å². The van der Waals surface area contributed by atoms with E-state index in [1.54, 1.807) is 13.8 Å². The van der Waals surface area contributed by atoms with Crippen LogP contribution in [0.15, 0.2) is 0 Å². The van der Waals surface area contributed by atoms with Crippen molar-refractivity contribution in [3.8, 4) is 0 Å². The Morgan fingerprint density at radius 2 is 1.68 bits per heavy atom. The monoisotopic (exact) mass is 356 g/mol. The summed E-state index contributed by atoms with van der Waals surface area (Å²) >= 11 is 0. The van der Waals surface area contributed by atoms with Crippen LogP contribution in [-0.4, -0.2) is 43.0 Å². The molecule has 0 saturated heterocycles. The zero-order valence-corrected chi connectivity index (χ0v) is 14.9. The highest BCUT2D eigenvalue weighted by atomic mass is 16.5. The highest BCUT2D eigenvalue weighted by Gasteiger charge is 2.37. The second-order valence-electron chi connectivity index (χ2n) is 6.17. The van der Waals surface area contributed by atoms with Crippen LogP contribution in [0.25, 0.3) is 0 Å². The fourth-order valence-corrected chi connectivity index (χ4v) is 3.07. The predicted octanol–water partition coefficient (Wildman–Crippen LogP) is 0.669. The Bertz CT molecular complexity index is 488. The van der Waals surface area contributed by atoms with Gasteiger partial charge in [0.25, 0.3) is 0 Å². The average molecular weight is 356 g/mol. The third-order valence-electron chi connectivity index (χ3n) is 4.26. The molecule has 0 heterocycles. The first-order valence-electron chi connectivity index (χ1n) is 8.79. The molecule has 0 aliphatic heterocycles. The molecule has 1 aliphatic rings. The summed E-state index contributed by atoms with van der Waals surface area (Å²) in [6.45, 7) is 3.47. The molecule has 8 nitrogen and oxygen atoms in total. The van der Waals surface area contributed by atoms with Crippen LogP contribution in [0.1, 0.15) is 52.4 Å². The van der Waals surface area contributed by atoms with Gasteiger partial charge in [-0.25, -0.2) is 0 Å². The van der Waals surface area contributed by atoms with E-state index in [-0.39, 0.29) is 37.9 Å². The normalized spacial score (nSPS) is 16.7. The average Bonchev–Trinajstić information content (AvgIpc) is 3.03. The zero-order valence-electron chi connectivity index (χ0n) is 14.9. The molecule has 1 rings (SSSR count). The Labute approximate surface area is 147 Å². The van der Waals surface area contributed by atoms with E-state index in [2.05, 4.69) is 5.32 Å². The SMILES string of the molecule is CCOC(=O)C[C@@H](C(=O)OCC)[C@@H](NC(=O)CC1CCCC1)C(N)=O. The fourth-order valence-electron chi connectivity index (χ4n) is 3.07. The molecule has 0 radical (unpaired) electrons. The second-order valence-corrected chi connectivity index (χ2v) is 6.17. The van der Waals surface area contributed by atoms with Crippen molar-refractivity contribution in [3.63, 3.8) is 0 Å². The molecular weight excluding hydrogens is 328 g/mol. The van der Waals surface area contributed by atoms with Crippen molar-refractivity contribution in [2.75, 3.05) is 13.2 Å². The van der Waals surface area contributed by atoms with Crippen LogP contribution in [0.3, 0.4) is 0 Å². The molecule has 0 aromatic heterocycles. The number of hydrogen-bond donors (Lipinski definition) is 2. The van der Waals surface area contributed by atoms with Crippen molar-refractivity contribution in [1.29, 1.82) is 0 Å². The molecular formula is C17H28N2O6. The number of esters is 2. The number of primary amides is 1. The summed E-state index contributed by atoms with van der Waals surface area (Å²) in [7, 11) is 0. The van der Waals surface area contributed by atoms with Crippen LogP contribution in [0.2, 0.25) is 0 Å². The number of carbonyl (C=O) groups is 4. The van der Waals surface area contributed by atoms with E-state index >= 15 is 0 Å². The van der Waals surface area contributed by atoms with E-state index in [1.165, 1.54) is 0 Å². The van der Waals surface area contributed by atoms with Crippen molar-refractivity contribution in [1.82, 2.24) is 5.32 Å². The van der Waals surface area contributed by atoms with Crippen LogP contribution in [0.4, 0.5) is 0 Å². The van der Waals surface area contributed by atoms with E-state index in [9.17, 15) is 19.2 Å².